The highest BCUT2D eigenvalue weighted by Gasteiger charge is 2.32. The second kappa shape index (κ2) is 5.65. The first-order valence-electron chi connectivity index (χ1n) is 6.10. The Bertz CT molecular complexity index is 184. The molecule has 2 aliphatic rings. The Balaban J connectivity index is 1.78. The Morgan fingerprint density at radius 1 is 1.27 bits per heavy atom. The zero-order valence-corrected chi connectivity index (χ0v) is 10.9. The molecule has 1 unspecified atom stereocenters. The van der Waals surface area contributed by atoms with Gasteiger partial charge < -0.3 is 9.47 Å². The van der Waals surface area contributed by atoms with E-state index in [2.05, 4.69) is 15.9 Å². The summed E-state index contributed by atoms with van der Waals surface area (Å²) < 4.78 is 11.3. The highest BCUT2D eigenvalue weighted by atomic mass is 79.9. The van der Waals surface area contributed by atoms with Gasteiger partial charge >= 0.3 is 0 Å². The fraction of sp³-hybridized carbons (Fsp3) is 1.00. The Hall–Kier alpha value is 0.400. The highest BCUT2D eigenvalue weighted by molar-refractivity contribution is 9.09. The molecule has 0 spiro atoms. The van der Waals surface area contributed by atoms with E-state index in [-0.39, 0.29) is 0 Å². The molecule has 0 aromatic rings. The van der Waals surface area contributed by atoms with Crippen LogP contribution in [0.2, 0.25) is 0 Å². The Labute approximate surface area is 101 Å². The van der Waals surface area contributed by atoms with Crippen LogP contribution in [0.4, 0.5) is 0 Å². The van der Waals surface area contributed by atoms with Crippen molar-refractivity contribution in [2.45, 2.75) is 44.6 Å². The molecular weight excluding hydrogens is 256 g/mol. The molecule has 1 heterocycles. The number of hydrogen-bond acceptors (Lipinski definition) is 2. The van der Waals surface area contributed by atoms with E-state index in [9.17, 15) is 0 Å². The van der Waals surface area contributed by atoms with E-state index in [1.54, 1.807) is 0 Å². The van der Waals surface area contributed by atoms with Crippen LogP contribution >= 0.6 is 15.9 Å². The first-order valence-corrected chi connectivity index (χ1v) is 7.22. The summed E-state index contributed by atoms with van der Waals surface area (Å²) in [5.41, 5.74) is 0.418. The molecule has 15 heavy (non-hydrogen) atoms. The first-order chi connectivity index (χ1) is 7.35. The maximum atomic E-state index is 5.98. The van der Waals surface area contributed by atoms with Crippen molar-refractivity contribution >= 4 is 15.9 Å². The molecule has 88 valence electrons. The van der Waals surface area contributed by atoms with Crippen molar-refractivity contribution in [3.05, 3.63) is 0 Å². The predicted octanol–water partition coefficient (Wildman–Crippen LogP) is 3.14. The van der Waals surface area contributed by atoms with Gasteiger partial charge in [0, 0.05) is 17.4 Å². The average molecular weight is 277 g/mol. The van der Waals surface area contributed by atoms with Gasteiger partial charge in [-0.3, -0.25) is 0 Å². The van der Waals surface area contributed by atoms with Gasteiger partial charge in [0.1, 0.15) is 0 Å². The van der Waals surface area contributed by atoms with Gasteiger partial charge in [0.25, 0.3) is 0 Å². The second-order valence-electron chi connectivity index (χ2n) is 4.99. The molecule has 2 rings (SSSR count). The predicted molar refractivity (Wildman–Crippen MR) is 64.5 cm³/mol. The summed E-state index contributed by atoms with van der Waals surface area (Å²) in [6, 6.07) is 0. The lowest BCUT2D eigenvalue weighted by Gasteiger charge is -2.36. The van der Waals surface area contributed by atoms with Crippen LogP contribution in [0.25, 0.3) is 0 Å². The summed E-state index contributed by atoms with van der Waals surface area (Å²) in [7, 11) is 0. The van der Waals surface area contributed by atoms with Gasteiger partial charge in [-0.1, -0.05) is 35.2 Å². The molecular formula is C12H21BrO2. The highest BCUT2D eigenvalue weighted by Crippen LogP contribution is 2.38. The van der Waals surface area contributed by atoms with Crippen LogP contribution in [0, 0.1) is 5.41 Å². The summed E-state index contributed by atoms with van der Waals surface area (Å²) in [6.45, 7) is 2.61. The van der Waals surface area contributed by atoms with E-state index >= 15 is 0 Å². The normalized spacial score (nSPS) is 30.6. The standard InChI is InChI=1S/C12H21BrO2/c13-9-12(5-2-1-3-6-12)10-15-11-4-7-14-8-11/h11H,1-10H2. The van der Waals surface area contributed by atoms with Gasteiger partial charge in [-0.2, -0.15) is 0 Å². The molecule has 0 aromatic heterocycles. The number of alkyl halides is 1. The van der Waals surface area contributed by atoms with Crippen LogP contribution in [0.1, 0.15) is 38.5 Å². The van der Waals surface area contributed by atoms with Crippen LogP contribution in [0.3, 0.4) is 0 Å². The van der Waals surface area contributed by atoms with Gasteiger partial charge in [-0.25, -0.2) is 0 Å². The maximum absolute atomic E-state index is 5.98. The van der Waals surface area contributed by atoms with E-state index in [0.29, 0.717) is 11.5 Å². The minimum Gasteiger partial charge on any atom is -0.379 e. The molecule has 1 saturated heterocycles. The van der Waals surface area contributed by atoms with E-state index < -0.39 is 0 Å². The number of hydrogen-bond donors (Lipinski definition) is 0. The fourth-order valence-corrected chi connectivity index (χ4v) is 3.28. The third-order valence-corrected chi connectivity index (χ3v) is 4.90. The summed E-state index contributed by atoms with van der Waals surface area (Å²) in [6.07, 6.45) is 8.24. The van der Waals surface area contributed by atoms with E-state index in [1.165, 1.54) is 32.1 Å². The molecule has 1 saturated carbocycles. The molecule has 0 aromatic carbocycles. The maximum Gasteiger partial charge on any atom is 0.0830 e. The minimum atomic E-state index is 0.364. The molecule has 3 heteroatoms. The molecule has 2 nitrogen and oxygen atoms in total. The van der Waals surface area contributed by atoms with Crippen molar-refractivity contribution in [3.63, 3.8) is 0 Å². The van der Waals surface area contributed by atoms with Crippen LogP contribution in [0.15, 0.2) is 0 Å². The lowest BCUT2D eigenvalue weighted by Crippen LogP contribution is -2.33. The average Bonchev–Trinajstić information content (AvgIpc) is 2.81. The van der Waals surface area contributed by atoms with Crippen molar-refractivity contribution < 1.29 is 9.47 Å². The number of halogens is 1. The topological polar surface area (TPSA) is 18.5 Å². The van der Waals surface area contributed by atoms with Crippen LogP contribution in [0.5, 0.6) is 0 Å². The van der Waals surface area contributed by atoms with Crippen molar-refractivity contribution in [1.82, 2.24) is 0 Å². The van der Waals surface area contributed by atoms with Gasteiger partial charge in [0.2, 0.25) is 0 Å². The summed E-state index contributed by atoms with van der Waals surface area (Å²) >= 11 is 3.67. The zero-order chi connectivity index (χ0) is 10.6. The number of rotatable bonds is 4. The molecule has 0 bridgehead atoms. The van der Waals surface area contributed by atoms with E-state index in [1.807, 2.05) is 0 Å². The van der Waals surface area contributed by atoms with Crippen LogP contribution in [-0.4, -0.2) is 31.3 Å². The summed E-state index contributed by atoms with van der Waals surface area (Å²) in [5, 5.41) is 1.09. The summed E-state index contributed by atoms with van der Waals surface area (Å²) in [4.78, 5) is 0. The Morgan fingerprint density at radius 2 is 2.07 bits per heavy atom. The van der Waals surface area contributed by atoms with Gasteiger partial charge in [-0.15, -0.1) is 0 Å². The minimum absolute atomic E-state index is 0.364. The third-order valence-electron chi connectivity index (χ3n) is 3.71. The largest absolute Gasteiger partial charge is 0.379 e. The number of ether oxygens (including phenoxy) is 2. The molecule has 0 amide bonds. The quantitative estimate of drug-likeness (QED) is 0.735. The van der Waals surface area contributed by atoms with E-state index in [0.717, 1.165) is 31.6 Å². The Kier molecular flexibility index (Phi) is 4.47. The smallest absolute Gasteiger partial charge is 0.0830 e. The molecule has 2 fully saturated rings. The lowest BCUT2D eigenvalue weighted by atomic mass is 9.76. The zero-order valence-electron chi connectivity index (χ0n) is 9.34. The van der Waals surface area contributed by atoms with Crippen molar-refractivity contribution in [2.24, 2.45) is 5.41 Å². The SMILES string of the molecule is BrCC1(COC2CCOC2)CCCCC1. The van der Waals surface area contributed by atoms with Gasteiger partial charge in [-0.05, 0) is 19.3 Å². The monoisotopic (exact) mass is 276 g/mol. The van der Waals surface area contributed by atoms with Gasteiger partial charge in [0.15, 0.2) is 0 Å². The second-order valence-corrected chi connectivity index (χ2v) is 5.55. The Morgan fingerprint density at radius 3 is 2.67 bits per heavy atom. The van der Waals surface area contributed by atoms with Crippen molar-refractivity contribution in [2.75, 3.05) is 25.2 Å². The van der Waals surface area contributed by atoms with Crippen molar-refractivity contribution in [3.8, 4) is 0 Å². The molecule has 1 aliphatic heterocycles. The molecule has 1 atom stereocenters. The lowest BCUT2D eigenvalue weighted by molar-refractivity contribution is -0.0176. The molecule has 0 radical (unpaired) electrons. The van der Waals surface area contributed by atoms with E-state index in [4.69, 9.17) is 9.47 Å². The third kappa shape index (κ3) is 3.18. The van der Waals surface area contributed by atoms with Crippen LogP contribution in [-0.2, 0) is 9.47 Å². The van der Waals surface area contributed by atoms with Gasteiger partial charge in [0.05, 0.1) is 19.3 Å². The van der Waals surface area contributed by atoms with Crippen molar-refractivity contribution in [1.29, 1.82) is 0 Å². The fourth-order valence-electron chi connectivity index (χ4n) is 2.56. The first kappa shape index (κ1) is 11.9. The van der Waals surface area contributed by atoms with Crippen LogP contribution < -0.4 is 0 Å². The molecule has 1 aliphatic carbocycles. The summed E-state index contributed by atoms with van der Waals surface area (Å²) in [5.74, 6) is 0. The molecule has 0 N–H and O–H groups in total.